The largest absolute Gasteiger partial charge is 0.386 e. The molecule has 1 unspecified atom stereocenters. The molecule has 0 radical (unpaired) electrons. The van der Waals surface area contributed by atoms with E-state index in [4.69, 9.17) is 23.2 Å². The second-order valence-electron chi connectivity index (χ2n) is 6.73. The van der Waals surface area contributed by atoms with E-state index in [1.165, 1.54) is 0 Å². The third-order valence-corrected chi connectivity index (χ3v) is 5.43. The zero-order valence-electron chi connectivity index (χ0n) is 14.0. The molecule has 0 saturated heterocycles. The third kappa shape index (κ3) is 4.32. The molecule has 1 fully saturated rings. The van der Waals surface area contributed by atoms with Crippen LogP contribution in [0.25, 0.3) is 0 Å². The average molecular weight is 379 g/mol. The number of aromatic nitrogens is 1. The fourth-order valence-electron chi connectivity index (χ4n) is 2.85. The Kier molecular flexibility index (Phi) is 5.32. The van der Waals surface area contributed by atoms with E-state index in [1.807, 2.05) is 6.07 Å². The lowest BCUT2D eigenvalue weighted by Gasteiger charge is -2.31. The number of aliphatic hydroxyl groups is 1. The van der Waals surface area contributed by atoms with Crippen molar-refractivity contribution in [3.63, 3.8) is 0 Å². The van der Waals surface area contributed by atoms with Crippen LogP contribution in [0.3, 0.4) is 0 Å². The highest BCUT2D eigenvalue weighted by Gasteiger charge is 2.46. The number of β-amino-alcohol motifs (C(OH)–C–C–N with tert-alkyl or cyclic N) is 1. The van der Waals surface area contributed by atoms with E-state index in [1.54, 1.807) is 41.6 Å². The number of pyridine rings is 1. The number of carbonyl (C=O) groups excluding carboxylic acids is 1. The predicted molar refractivity (Wildman–Crippen MR) is 98.7 cm³/mol. The molecule has 3 rings (SSSR count). The molecule has 0 aliphatic heterocycles. The normalized spacial score (nSPS) is 16.3. The summed E-state index contributed by atoms with van der Waals surface area (Å²) in [6.07, 6.45) is 4.64. The third-order valence-electron chi connectivity index (χ3n) is 4.69. The zero-order valence-corrected chi connectivity index (χ0v) is 15.5. The number of aliphatic hydroxyl groups excluding tert-OH is 1. The van der Waals surface area contributed by atoms with E-state index in [2.05, 4.69) is 11.9 Å². The Morgan fingerprint density at radius 2 is 2.08 bits per heavy atom. The van der Waals surface area contributed by atoms with Crippen molar-refractivity contribution < 1.29 is 9.90 Å². The van der Waals surface area contributed by atoms with E-state index >= 15 is 0 Å². The first kappa shape index (κ1) is 18.2. The first-order valence-electron chi connectivity index (χ1n) is 8.21. The number of benzene rings is 1. The number of halogens is 2. The van der Waals surface area contributed by atoms with E-state index in [0.717, 1.165) is 18.4 Å². The van der Waals surface area contributed by atoms with Crippen molar-refractivity contribution in [3.05, 3.63) is 63.9 Å². The monoisotopic (exact) mass is 378 g/mol. The smallest absolute Gasteiger partial charge is 0.227 e. The molecule has 1 aliphatic rings. The fourth-order valence-corrected chi connectivity index (χ4v) is 3.17. The lowest BCUT2D eigenvalue weighted by atomic mass is 10.1. The molecule has 1 atom stereocenters. The van der Waals surface area contributed by atoms with Crippen LogP contribution in [0.5, 0.6) is 0 Å². The minimum Gasteiger partial charge on any atom is -0.386 e. The summed E-state index contributed by atoms with van der Waals surface area (Å²) in [6.45, 7) is 2.30. The summed E-state index contributed by atoms with van der Waals surface area (Å²) < 4.78 is 0. The van der Waals surface area contributed by atoms with Crippen LogP contribution in [0.15, 0.2) is 42.7 Å². The van der Waals surface area contributed by atoms with Gasteiger partial charge in [-0.3, -0.25) is 9.78 Å². The van der Waals surface area contributed by atoms with Crippen LogP contribution < -0.4 is 0 Å². The summed E-state index contributed by atoms with van der Waals surface area (Å²) in [6, 6.07) is 8.80. The molecule has 4 nitrogen and oxygen atoms in total. The van der Waals surface area contributed by atoms with E-state index in [0.29, 0.717) is 15.6 Å². The summed E-state index contributed by atoms with van der Waals surface area (Å²) in [7, 11) is 0. The quantitative estimate of drug-likeness (QED) is 0.824. The Bertz CT molecular complexity index is 763. The van der Waals surface area contributed by atoms with Crippen LogP contribution in [0.2, 0.25) is 10.0 Å². The van der Waals surface area contributed by atoms with E-state index in [-0.39, 0.29) is 24.4 Å². The van der Waals surface area contributed by atoms with Gasteiger partial charge >= 0.3 is 0 Å². The van der Waals surface area contributed by atoms with Crippen molar-refractivity contribution >= 4 is 29.1 Å². The molecule has 1 aliphatic carbocycles. The second-order valence-corrected chi connectivity index (χ2v) is 7.54. The van der Waals surface area contributed by atoms with Crippen molar-refractivity contribution in [2.75, 3.05) is 6.54 Å². The summed E-state index contributed by atoms with van der Waals surface area (Å²) in [5.41, 5.74) is 1.33. The van der Waals surface area contributed by atoms with Gasteiger partial charge < -0.3 is 10.0 Å². The van der Waals surface area contributed by atoms with Gasteiger partial charge in [-0.1, -0.05) is 35.3 Å². The van der Waals surface area contributed by atoms with Crippen molar-refractivity contribution in [2.24, 2.45) is 0 Å². The minimum atomic E-state index is -0.760. The van der Waals surface area contributed by atoms with Crippen molar-refractivity contribution in [2.45, 2.75) is 37.8 Å². The van der Waals surface area contributed by atoms with Crippen LogP contribution in [-0.2, 0) is 11.2 Å². The van der Waals surface area contributed by atoms with Gasteiger partial charge in [0, 0.05) is 23.5 Å². The topological polar surface area (TPSA) is 53.4 Å². The van der Waals surface area contributed by atoms with Crippen LogP contribution in [0.1, 0.15) is 37.0 Å². The molecule has 1 amide bonds. The maximum atomic E-state index is 12.9. The summed E-state index contributed by atoms with van der Waals surface area (Å²) in [5, 5.41) is 11.4. The molecule has 6 heteroatoms. The second kappa shape index (κ2) is 7.32. The molecule has 0 spiro atoms. The van der Waals surface area contributed by atoms with Crippen molar-refractivity contribution in [1.82, 2.24) is 9.88 Å². The SMILES string of the molecule is CC1(N(CC(O)c2cccnc2)C(=O)Cc2ccc(Cl)c(Cl)c2)CC1. The van der Waals surface area contributed by atoms with Gasteiger partial charge in [-0.25, -0.2) is 0 Å². The Morgan fingerprint density at radius 1 is 1.32 bits per heavy atom. The summed E-state index contributed by atoms with van der Waals surface area (Å²) >= 11 is 12.0. The molecule has 25 heavy (non-hydrogen) atoms. The van der Waals surface area contributed by atoms with Gasteiger partial charge in [0.15, 0.2) is 0 Å². The lowest BCUT2D eigenvalue weighted by Crippen LogP contribution is -2.43. The standard InChI is InChI=1S/C19H20Cl2N2O2/c1-19(6-7-19)23(12-17(24)14-3-2-8-22-11-14)18(25)10-13-4-5-15(20)16(21)9-13/h2-5,8-9,11,17,24H,6-7,10,12H2,1H3. The molecule has 132 valence electrons. The number of hydrogen-bond donors (Lipinski definition) is 1. The predicted octanol–water partition coefficient (Wildman–Crippen LogP) is 4.05. The van der Waals surface area contributed by atoms with Gasteiger partial charge in [-0.15, -0.1) is 0 Å². The molecule has 1 aromatic heterocycles. The molecule has 0 bridgehead atoms. The van der Waals surface area contributed by atoms with E-state index in [9.17, 15) is 9.90 Å². The number of rotatable bonds is 6. The Morgan fingerprint density at radius 3 is 2.68 bits per heavy atom. The van der Waals surface area contributed by atoms with Gasteiger partial charge in [0.25, 0.3) is 0 Å². The van der Waals surface area contributed by atoms with E-state index < -0.39 is 6.10 Å². The Hall–Kier alpha value is -1.62. The number of nitrogens with zero attached hydrogens (tertiary/aromatic N) is 2. The van der Waals surface area contributed by atoms with Gasteiger partial charge in [-0.2, -0.15) is 0 Å². The average Bonchev–Trinajstić information content (AvgIpc) is 3.35. The molecule has 1 heterocycles. The maximum absolute atomic E-state index is 12.9. The lowest BCUT2D eigenvalue weighted by molar-refractivity contribution is -0.135. The van der Waals surface area contributed by atoms with Gasteiger partial charge in [0.1, 0.15) is 0 Å². The number of hydrogen-bond acceptors (Lipinski definition) is 3. The van der Waals surface area contributed by atoms with Gasteiger partial charge in [-0.05, 0) is 43.5 Å². The fraction of sp³-hybridized carbons (Fsp3) is 0.368. The minimum absolute atomic E-state index is 0.0265. The van der Waals surface area contributed by atoms with Crippen molar-refractivity contribution in [1.29, 1.82) is 0 Å². The molecule has 1 aromatic carbocycles. The first-order valence-corrected chi connectivity index (χ1v) is 8.97. The summed E-state index contributed by atoms with van der Waals surface area (Å²) in [4.78, 5) is 18.7. The van der Waals surface area contributed by atoms with Crippen molar-refractivity contribution in [3.8, 4) is 0 Å². The Balaban J connectivity index is 1.74. The van der Waals surface area contributed by atoms with Crippen LogP contribution in [-0.4, -0.2) is 33.0 Å². The van der Waals surface area contributed by atoms with Crippen LogP contribution in [0.4, 0.5) is 0 Å². The molecular formula is C19H20Cl2N2O2. The first-order chi connectivity index (χ1) is 11.9. The van der Waals surface area contributed by atoms with Crippen LogP contribution >= 0.6 is 23.2 Å². The highest BCUT2D eigenvalue weighted by atomic mass is 35.5. The molecule has 1 N–H and O–H groups in total. The zero-order chi connectivity index (χ0) is 18.0. The van der Waals surface area contributed by atoms with Crippen LogP contribution in [0, 0.1) is 0 Å². The highest BCUT2D eigenvalue weighted by Crippen LogP contribution is 2.42. The molecular weight excluding hydrogens is 359 g/mol. The summed E-state index contributed by atoms with van der Waals surface area (Å²) in [5.74, 6) is -0.0265. The molecule has 2 aromatic rings. The number of amides is 1. The number of carbonyl (C=O) groups is 1. The maximum Gasteiger partial charge on any atom is 0.227 e. The molecule has 1 saturated carbocycles. The van der Waals surface area contributed by atoms with Gasteiger partial charge in [0.05, 0.1) is 29.1 Å². The Labute approximate surface area is 157 Å². The highest BCUT2D eigenvalue weighted by molar-refractivity contribution is 6.42. The van der Waals surface area contributed by atoms with Gasteiger partial charge in [0.2, 0.25) is 5.91 Å².